The molecule has 2 aliphatic rings. The summed E-state index contributed by atoms with van der Waals surface area (Å²) in [5.74, 6) is 0.162. The number of hydrogen-bond acceptors (Lipinski definition) is 7. The fourth-order valence-corrected chi connectivity index (χ4v) is 6.29. The maximum Gasteiger partial charge on any atom is 0.408 e. The van der Waals surface area contributed by atoms with E-state index in [0.29, 0.717) is 23.3 Å². The summed E-state index contributed by atoms with van der Waals surface area (Å²) in [6.07, 6.45) is -0.375. The molecular weight excluding hydrogens is 434 g/mol. The van der Waals surface area contributed by atoms with Crippen molar-refractivity contribution in [2.24, 2.45) is 0 Å². The van der Waals surface area contributed by atoms with Crippen LogP contribution >= 0.6 is 0 Å². The van der Waals surface area contributed by atoms with Crippen LogP contribution in [0.25, 0.3) is 0 Å². The van der Waals surface area contributed by atoms with Crippen molar-refractivity contribution in [3.8, 4) is 11.5 Å². The second-order valence-corrected chi connectivity index (χ2v) is 11.1. The van der Waals surface area contributed by atoms with Gasteiger partial charge in [-0.1, -0.05) is 23.8 Å². The Labute approximate surface area is 186 Å². The van der Waals surface area contributed by atoms with E-state index < -0.39 is 38.2 Å². The van der Waals surface area contributed by atoms with Crippen molar-refractivity contribution in [2.75, 3.05) is 6.79 Å². The molecule has 2 aromatic carbocycles. The third kappa shape index (κ3) is 3.81. The van der Waals surface area contributed by atoms with Crippen molar-refractivity contribution in [2.45, 2.75) is 54.9 Å². The van der Waals surface area contributed by atoms with Crippen molar-refractivity contribution in [3.63, 3.8) is 0 Å². The average Bonchev–Trinajstić information content (AvgIpc) is 3.13. The zero-order valence-corrected chi connectivity index (χ0v) is 19.1. The maximum atomic E-state index is 13.6. The highest BCUT2D eigenvalue weighted by Crippen LogP contribution is 2.57. The highest BCUT2D eigenvalue weighted by molar-refractivity contribution is 7.92. The number of benzene rings is 2. The summed E-state index contributed by atoms with van der Waals surface area (Å²) < 4.78 is 43.2. The minimum absolute atomic E-state index is 0.0591. The maximum absolute atomic E-state index is 13.6. The fourth-order valence-electron chi connectivity index (χ4n) is 4.04. The Bertz CT molecular complexity index is 1170. The first-order valence-corrected chi connectivity index (χ1v) is 11.7. The van der Waals surface area contributed by atoms with Crippen molar-refractivity contribution >= 4 is 22.2 Å². The van der Waals surface area contributed by atoms with E-state index in [4.69, 9.17) is 14.2 Å². The third-order valence-corrected chi connectivity index (χ3v) is 7.79. The van der Waals surface area contributed by atoms with E-state index in [1.807, 2.05) is 6.92 Å². The Morgan fingerprint density at radius 1 is 1.12 bits per heavy atom. The van der Waals surface area contributed by atoms with Gasteiger partial charge in [0.05, 0.1) is 4.90 Å². The predicted octanol–water partition coefficient (Wildman–Crippen LogP) is 3.13. The Kier molecular flexibility index (Phi) is 5.20. The molecule has 0 saturated heterocycles. The van der Waals surface area contributed by atoms with E-state index in [1.54, 1.807) is 51.1 Å². The topological polar surface area (TPSA) is 108 Å². The van der Waals surface area contributed by atoms with Gasteiger partial charge < -0.3 is 24.3 Å². The molecule has 8 nitrogen and oxygen atoms in total. The van der Waals surface area contributed by atoms with Gasteiger partial charge in [0.25, 0.3) is 0 Å². The summed E-state index contributed by atoms with van der Waals surface area (Å²) >= 11 is 0. The van der Waals surface area contributed by atoms with Crippen LogP contribution in [0.1, 0.15) is 37.8 Å². The van der Waals surface area contributed by atoms with Crippen molar-refractivity contribution in [3.05, 3.63) is 53.6 Å². The highest BCUT2D eigenvalue weighted by atomic mass is 32.2. The number of ether oxygens (including phenoxy) is 3. The molecule has 0 spiro atoms. The molecule has 32 heavy (non-hydrogen) atoms. The summed E-state index contributed by atoms with van der Waals surface area (Å²) in [6, 6.07) is 11.4. The number of aldehydes is 1. The normalized spacial score (nSPS) is 24.0. The first kappa shape index (κ1) is 22.1. The number of alkyl carbamates (subject to hydrolysis) is 1. The number of sulfone groups is 1. The minimum atomic E-state index is -3.98. The second kappa shape index (κ2) is 7.51. The molecular formula is C23H25NO7S. The number of amides is 1. The van der Waals surface area contributed by atoms with E-state index in [9.17, 15) is 18.0 Å². The predicted molar refractivity (Wildman–Crippen MR) is 116 cm³/mol. The lowest BCUT2D eigenvalue weighted by Gasteiger charge is -2.22. The van der Waals surface area contributed by atoms with Gasteiger partial charge in [-0.15, -0.1) is 0 Å². The molecule has 2 aromatic rings. The molecule has 1 aliphatic carbocycles. The molecule has 3 unspecified atom stereocenters. The number of fused-ring (bicyclic) bond motifs is 1. The summed E-state index contributed by atoms with van der Waals surface area (Å²) in [5.41, 5.74) is -1.05. The van der Waals surface area contributed by atoms with Crippen molar-refractivity contribution in [1.82, 2.24) is 5.32 Å². The van der Waals surface area contributed by atoms with Gasteiger partial charge in [0.2, 0.25) is 6.79 Å². The zero-order valence-electron chi connectivity index (χ0n) is 18.2. The van der Waals surface area contributed by atoms with Crippen LogP contribution in [-0.4, -0.2) is 44.0 Å². The van der Waals surface area contributed by atoms with Gasteiger partial charge in [0.15, 0.2) is 21.3 Å². The van der Waals surface area contributed by atoms with Crippen LogP contribution < -0.4 is 14.8 Å². The molecule has 0 radical (unpaired) electrons. The molecule has 3 atom stereocenters. The number of aryl methyl sites for hydroxylation is 1. The molecule has 1 fully saturated rings. The molecule has 170 valence electrons. The molecule has 1 N–H and O–H groups in total. The first-order chi connectivity index (χ1) is 15.0. The van der Waals surface area contributed by atoms with Gasteiger partial charge in [-0.2, -0.15) is 0 Å². The molecule has 0 aromatic heterocycles. The fraction of sp³-hybridized carbons (Fsp3) is 0.391. The van der Waals surface area contributed by atoms with Gasteiger partial charge in [0.1, 0.15) is 22.7 Å². The quantitative estimate of drug-likeness (QED) is 0.685. The lowest BCUT2D eigenvalue weighted by atomic mass is 10.1. The molecule has 9 heteroatoms. The lowest BCUT2D eigenvalue weighted by Crippen LogP contribution is -2.45. The van der Waals surface area contributed by atoms with E-state index in [0.717, 1.165) is 5.56 Å². The second-order valence-electron chi connectivity index (χ2n) is 9.05. The third-order valence-electron chi connectivity index (χ3n) is 5.53. The van der Waals surface area contributed by atoms with Gasteiger partial charge >= 0.3 is 6.09 Å². The van der Waals surface area contributed by atoms with Crippen LogP contribution in [0.3, 0.4) is 0 Å². The monoisotopic (exact) mass is 459 g/mol. The van der Waals surface area contributed by atoms with Crippen molar-refractivity contribution in [1.29, 1.82) is 0 Å². The Balaban J connectivity index is 1.76. The van der Waals surface area contributed by atoms with E-state index >= 15 is 0 Å². The van der Waals surface area contributed by atoms with Crippen molar-refractivity contribution < 1.29 is 32.2 Å². The number of nitrogens with one attached hydrogen (secondary N) is 1. The van der Waals surface area contributed by atoms with Gasteiger partial charge in [-0.05, 0) is 57.5 Å². The highest BCUT2D eigenvalue weighted by Gasteiger charge is 2.73. The van der Waals surface area contributed by atoms with Crippen LogP contribution in [0.2, 0.25) is 0 Å². The van der Waals surface area contributed by atoms with E-state index in [-0.39, 0.29) is 11.7 Å². The molecule has 1 amide bonds. The largest absolute Gasteiger partial charge is 0.454 e. The Morgan fingerprint density at radius 3 is 2.41 bits per heavy atom. The average molecular weight is 460 g/mol. The summed E-state index contributed by atoms with van der Waals surface area (Å²) in [6.45, 7) is 6.96. The summed E-state index contributed by atoms with van der Waals surface area (Å²) in [5, 5.41) is 1.34. The van der Waals surface area contributed by atoms with E-state index in [1.165, 1.54) is 12.1 Å². The Hall–Kier alpha value is -3.07. The number of rotatable bonds is 5. The molecule has 1 heterocycles. The molecule has 1 aliphatic heterocycles. The standard InChI is InChI=1S/C23H25NO7S/c1-14-5-8-16(9-6-14)32(27,28)20-19(15-7-10-17-18(11-15)30-13-29-17)23(20,12-25)24-21(26)31-22(2,3)4/h5-12,19-20H,13H2,1-4H3,(H,24,26). The van der Waals surface area contributed by atoms with Crippen LogP contribution in [0.5, 0.6) is 11.5 Å². The van der Waals surface area contributed by atoms with E-state index in [2.05, 4.69) is 5.32 Å². The SMILES string of the molecule is Cc1ccc(S(=O)(=O)C2C(c3ccc4c(c3)OCO4)C2(C=O)NC(=O)OC(C)(C)C)cc1. The smallest absolute Gasteiger partial charge is 0.408 e. The first-order valence-electron chi connectivity index (χ1n) is 10.2. The summed E-state index contributed by atoms with van der Waals surface area (Å²) in [4.78, 5) is 25.0. The zero-order chi connectivity index (χ0) is 23.3. The number of carbonyl (C=O) groups excluding carboxylic acids is 2. The Morgan fingerprint density at radius 2 is 1.78 bits per heavy atom. The van der Waals surface area contributed by atoms with Crippen LogP contribution in [-0.2, 0) is 19.4 Å². The minimum Gasteiger partial charge on any atom is -0.454 e. The molecule has 4 rings (SSSR count). The number of carbonyl (C=O) groups is 2. The van der Waals surface area contributed by atoms with Gasteiger partial charge in [-0.25, -0.2) is 13.2 Å². The molecule has 1 saturated carbocycles. The van der Waals surface area contributed by atoms with Gasteiger partial charge in [-0.3, -0.25) is 0 Å². The molecule has 0 bridgehead atoms. The van der Waals surface area contributed by atoms with Crippen LogP contribution in [0, 0.1) is 6.92 Å². The lowest BCUT2D eigenvalue weighted by molar-refractivity contribution is -0.110. The number of hydrogen-bond donors (Lipinski definition) is 1. The van der Waals surface area contributed by atoms with Crippen LogP contribution in [0.15, 0.2) is 47.4 Å². The summed E-state index contributed by atoms with van der Waals surface area (Å²) in [7, 11) is -3.98. The van der Waals surface area contributed by atoms with Gasteiger partial charge in [0, 0.05) is 5.92 Å². The van der Waals surface area contributed by atoms with Crippen LogP contribution in [0.4, 0.5) is 4.79 Å².